The molecule has 0 N–H and O–H groups in total. The molecule has 0 radical (unpaired) electrons. The molecule has 0 unspecified atom stereocenters. The summed E-state index contributed by atoms with van der Waals surface area (Å²) in [5.74, 6) is -2.04. The summed E-state index contributed by atoms with van der Waals surface area (Å²) in [5.41, 5.74) is -0.747. The molecule has 0 aromatic heterocycles. The van der Waals surface area contributed by atoms with Crippen molar-refractivity contribution in [3.05, 3.63) is 38.4 Å². The third-order valence-corrected chi connectivity index (χ3v) is 1.79. The summed E-state index contributed by atoms with van der Waals surface area (Å²) in [5, 5.41) is 10.1. The molecule has 0 heterocycles. The molecule has 0 aliphatic carbocycles. The second kappa shape index (κ2) is 5.64. The molecule has 0 atom stereocenters. The van der Waals surface area contributed by atoms with Crippen LogP contribution < -0.4 is 0 Å². The van der Waals surface area contributed by atoms with E-state index < -0.39 is 22.2 Å². The Balaban J connectivity index is 0.000000791. The van der Waals surface area contributed by atoms with E-state index in [0.717, 1.165) is 6.07 Å². The van der Waals surface area contributed by atoms with E-state index in [1.807, 2.05) is 13.8 Å². The third kappa shape index (κ3) is 3.02. The first-order valence-corrected chi connectivity index (χ1v) is 4.60. The maximum absolute atomic E-state index is 12.6. The molecule has 1 aromatic rings. The summed E-state index contributed by atoms with van der Waals surface area (Å²) in [6.45, 7) is 4.00. The molecule has 0 aliphatic heterocycles. The maximum atomic E-state index is 12.6. The zero-order valence-corrected chi connectivity index (χ0v) is 9.14. The first-order valence-electron chi connectivity index (χ1n) is 3.81. The van der Waals surface area contributed by atoms with E-state index in [1.54, 1.807) is 0 Å². The predicted molar refractivity (Wildman–Crippen MR) is 52.1 cm³/mol. The van der Waals surface area contributed by atoms with Gasteiger partial charge in [0.1, 0.15) is 5.82 Å². The fraction of sp³-hybridized carbons (Fsp3) is 0.250. The summed E-state index contributed by atoms with van der Waals surface area (Å²) < 4.78 is 25.0. The molecule has 0 fully saturated rings. The minimum absolute atomic E-state index is 0.129. The topological polar surface area (TPSA) is 43.1 Å². The van der Waals surface area contributed by atoms with E-state index in [0.29, 0.717) is 6.07 Å². The average molecular weight is 268 g/mol. The standard InChI is InChI=1S/C6H2BrF2NO2.C2H6/c7-3-1-6(10(11)12)5(9)2-4(3)8;1-2/h1-2H;1-2H3. The molecule has 0 saturated heterocycles. The van der Waals surface area contributed by atoms with Gasteiger partial charge in [0.25, 0.3) is 0 Å². The lowest BCUT2D eigenvalue weighted by molar-refractivity contribution is -0.387. The number of hydrogen-bond donors (Lipinski definition) is 0. The number of rotatable bonds is 1. The molecule has 14 heavy (non-hydrogen) atoms. The van der Waals surface area contributed by atoms with Crippen molar-refractivity contribution in [3.8, 4) is 0 Å². The van der Waals surface area contributed by atoms with Gasteiger partial charge >= 0.3 is 5.69 Å². The van der Waals surface area contributed by atoms with Gasteiger partial charge in [0, 0.05) is 12.1 Å². The van der Waals surface area contributed by atoms with E-state index >= 15 is 0 Å². The molecule has 1 rings (SSSR count). The van der Waals surface area contributed by atoms with E-state index in [9.17, 15) is 18.9 Å². The van der Waals surface area contributed by atoms with Gasteiger partial charge in [0.05, 0.1) is 9.40 Å². The summed E-state index contributed by atoms with van der Waals surface area (Å²) in [6.07, 6.45) is 0. The van der Waals surface area contributed by atoms with Crippen molar-refractivity contribution in [2.45, 2.75) is 13.8 Å². The molecule has 0 saturated carbocycles. The lowest BCUT2D eigenvalue weighted by Crippen LogP contribution is -1.93. The Morgan fingerprint density at radius 3 is 2.21 bits per heavy atom. The van der Waals surface area contributed by atoms with Gasteiger partial charge in [-0.2, -0.15) is 4.39 Å². The van der Waals surface area contributed by atoms with Crippen LogP contribution in [0.2, 0.25) is 0 Å². The molecule has 6 heteroatoms. The first kappa shape index (κ1) is 13.0. The lowest BCUT2D eigenvalue weighted by atomic mass is 10.3. The van der Waals surface area contributed by atoms with Crippen LogP contribution in [0, 0.1) is 21.7 Å². The van der Waals surface area contributed by atoms with Crippen molar-refractivity contribution in [2.75, 3.05) is 0 Å². The van der Waals surface area contributed by atoms with Crippen LogP contribution >= 0.6 is 15.9 Å². The Bertz CT molecular complexity index is 344. The summed E-state index contributed by atoms with van der Waals surface area (Å²) in [7, 11) is 0. The molecule has 0 aliphatic rings. The minimum Gasteiger partial charge on any atom is -0.258 e. The molecule has 0 spiro atoms. The summed E-state index contributed by atoms with van der Waals surface area (Å²) in [4.78, 5) is 9.19. The number of nitro groups is 1. The third-order valence-electron chi connectivity index (χ3n) is 1.19. The SMILES string of the molecule is CC.O=[N+]([O-])c1cc(Br)c(F)cc1F. The number of hydrogen-bond acceptors (Lipinski definition) is 2. The number of nitrogens with zero attached hydrogens (tertiary/aromatic N) is 1. The minimum atomic E-state index is -1.18. The van der Waals surface area contributed by atoms with Gasteiger partial charge in [-0.1, -0.05) is 13.8 Å². The number of halogens is 3. The van der Waals surface area contributed by atoms with Gasteiger partial charge in [-0.25, -0.2) is 4.39 Å². The van der Waals surface area contributed by atoms with Crippen LogP contribution in [0.4, 0.5) is 14.5 Å². The lowest BCUT2D eigenvalue weighted by Gasteiger charge is -1.95. The second-order valence-electron chi connectivity index (χ2n) is 1.97. The normalized spacial score (nSPS) is 8.93. The van der Waals surface area contributed by atoms with Crippen LogP contribution in [-0.4, -0.2) is 4.92 Å². The molecule has 78 valence electrons. The highest BCUT2D eigenvalue weighted by Crippen LogP contribution is 2.24. The highest BCUT2D eigenvalue weighted by molar-refractivity contribution is 9.10. The number of nitro benzene ring substituents is 1. The molecular formula is C8H8BrF2NO2. The summed E-state index contributed by atoms with van der Waals surface area (Å²) in [6, 6.07) is 1.24. The van der Waals surface area contributed by atoms with Gasteiger partial charge in [-0.15, -0.1) is 0 Å². The second-order valence-corrected chi connectivity index (χ2v) is 2.83. The largest absolute Gasteiger partial charge is 0.306 e. The molecule has 1 aromatic carbocycles. The molecule has 0 amide bonds. The van der Waals surface area contributed by atoms with Gasteiger partial charge in [-0.3, -0.25) is 10.1 Å². The molecule has 0 bridgehead atoms. The molecular weight excluding hydrogens is 260 g/mol. The van der Waals surface area contributed by atoms with Gasteiger partial charge in [0.2, 0.25) is 5.82 Å². The van der Waals surface area contributed by atoms with E-state index in [4.69, 9.17) is 0 Å². The van der Waals surface area contributed by atoms with Crippen molar-refractivity contribution in [1.29, 1.82) is 0 Å². The van der Waals surface area contributed by atoms with Crippen LogP contribution in [0.15, 0.2) is 16.6 Å². The van der Waals surface area contributed by atoms with Crippen LogP contribution in [0.5, 0.6) is 0 Å². The van der Waals surface area contributed by atoms with Gasteiger partial charge in [0.15, 0.2) is 0 Å². The van der Waals surface area contributed by atoms with Crippen molar-refractivity contribution >= 4 is 21.6 Å². The average Bonchev–Trinajstić information content (AvgIpc) is 2.14. The fourth-order valence-electron chi connectivity index (χ4n) is 0.652. The fourth-order valence-corrected chi connectivity index (χ4v) is 0.983. The Morgan fingerprint density at radius 2 is 1.79 bits per heavy atom. The molecule has 3 nitrogen and oxygen atoms in total. The van der Waals surface area contributed by atoms with Crippen LogP contribution in [0.1, 0.15) is 13.8 Å². The van der Waals surface area contributed by atoms with Crippen molar-refractivity contribution < 1.29 is 13.7 Å². The Morgan fingerprint density at radius 1 is 1.29 bits per heavy atom. The van der Waals surface area contributed by atoms with Crippen molar-refractivity contribution in [1.82, 2.24) is 0 Å². The van der Waals surface area contributed by atoms with E-state index in [2.05, 4.69) is 15.9 Å². The Labute approximate surface area is 88.0 Å². The van der Waals surface area contributed by atoms with Gasteiger partial charge < -0.3 is 0 Å². The first-order chi connectivity index (χ1) is 6.52. The predicted octanol–water partition coefficient (Wildman–Crippen LogP) is 3.66. The highest BCUT2D eigenvalue weighted by Gasteiger charge is 2.16. The van der Waals surface area contributed by atoms with Gasteiger partial charge in [-0.05, 0) is 15.9 Å². The van der Waals surface area contributed by atoms with Crippen LogP contribution in [0.25, 0.3) is 0 Å². The maximum Gasteiger partial charge on any atom is 0.306 e. The van der Waals surface area contributed by atoms with Crippen molar-refractivity contribution in [3.63, 3.8) is 0 Å². The van der Waals surface area contributed by atoms with Crippen LogP contribution in [0.3, 0.4) is 0 Å². The quantitative estimate of drug-likeness (QED) is 0.443. The van der Waals surface area contributed by atoms with Crippen molar-refractivity contribution in [2.24, 2.45) is 0 Å². The zero-order chi connectivity index (χ0) is 11.3. The van der Waals surface area contributed by atoms with E-state index in [1.165, 1.54) is 0 Å². The highest BCUT2D eigenvalue weighted by atomic mass is 79.9. The van der Waals surface area contributed by atoms with Crippen LogP contribution in [-0.2, 0) is 0 Å². The van der Waals surface area contributed by atoms with E-state index in [-0.39, 0.29) is 4.47 Å². The zero-order valence-electron chi connectivity index (χ0n) is 7.55. The smallest absolute Gasteiger partial charge is 0.258 e. The Hall–Kier alpha value is -1.04. The summed E-state index contributed by atoms with van der Waals surface area (Å²) >= 11 is 2.70. The Kier molecular flexibility index (Phi) is 5.22. The monoisotopic (exact) mass is 267 g/mol. The number of benzene rings is 1.